The standard InChI is InChI=1S/C7H13N2/c1-3-8-6-5-7-9(8)4-2/h5H,3-4,6H2,1-2H3. The third kappa shape index (κ3) is 1.24. The highest BCUT2D eigenvalue weighted by Crippen LogP contribution is 2.03. The van der Waals surface area contributed by atoms with Crippen LogP contribution in [-0.4, -0.2) is 29.7 Å². The van der Waals surface area contributed by atoms with Gasteiger partial charge in [-0.25, -0.2) is 5.01 Å². The molecule has 2 heteroatoms. The second-order valence-electron chi connectivity index (χ2n) is 2.05. The number of rotatable bonds is 2. The zero-order chi connectivity index (χ0) is 6.69. The van der Waals surface area contributed by atoms with Crippen LogP contribution in [0.2, 0.25) is 0 Å². The molecule has 1 heterocycles. The molecule has 1 rings (SSSR count). The van der Waals surface area contributed by atoms with Gasteiger partial charge in [0.15, 0.2) is 0 Å². The predicted octanol–water partition coefficient (Wildman–Crippen LogP) is 0.876. The van der Waals surface area contributed by atoms with Gasteiger partial charge in [0, 0.05) is 19.6 Å². The molecule has 0 amide bonds. The molecule has 0 fully saturated rings. The van der Waals surface area contributed by atoms with Crippen molar-refractivity contribution < 1.29 is 0 Å². The summed E-state index contributed by atoms with van der Waals surface area (Å²) in [5, 5.41) is 4.36. The van der Waals surface area contributed by atoms with Gasteiger partial charge >= 0.3 is 0 Å². The van der Waals surface area contributed by atoms with Crippen LogP contribution in [-0.2, 0) is 0 Å². The Labute approximate surface area is 56.7 Å². The summed E-state index contributed by atoms with van der Waals surface area (Å²) in [6.45, 7) is 7.43. The fraction of sp³-hybridized carbons (Fsp3) is 0.714. The van der Waals surface area contributed by atoms with Crippen molar-refractivity contribution in [1.82, 2.24) is 10.0 Å². The minimum Gasteiger partial charge on any atom is -0.304 e. The number of likely N-dealkylation sites (N-methyl/N-ethyl adjacent to an activating group) is 1. The summed E-state index contributed by atoms with van der Waals surface area (Å²) in [6, 6.07) is 0. The Morgan fingerprint density at radius 2 is 2.22 bits per heavy atom. The van der Waals surface area contributed by atoms with E-state index >= 15 is 0 Å². The number of hydrogen-bond donors (Lipinski definition) is 0. The lowest BCUT2D eigenvalue weighted by Gasteiger charge is -2.25. The SMILES string of the molecule is CCN1[C]=CCN1CC. The minimum absolute atomic E-state index is 1.03. The van der Waals surface area contributed by atoms with Crippen molar-refractivity contribution in [3.05, 3.63) is 12.3 Å². The van der Waals surface area contributed by atoms with Crippen LogP contribution in [0, 0.1) is 6.20 Å². The van der Waals surface area contributed by atoms with Crippen LogP contribution in [0.5, 0.6) is 0 Å². The molecule has 51 valence electrons. The molecule has 0 bridgehead atoms. The quantitative estimate of drug-likeness (QED) is 0.540. The van der Waals surface area contributed by atoms with Crippen LogP contribution >= 0.6 is 0 Å². The maximum Gasteiger partial charge on any atom is 0.0740 e. The first-order valence-corrected chi connectivity index (χ1v) is 3.48. The first kappa shape index (κ1) is 6.62. The molecule has 2 nitrogen and oxygen atoms in total. The molecule has 0 aromatic heterocycles. The molecular formula is C7H13N2. The van der Waals surface area contributed by atoms with Crippen molar-refractivity contribution in [2.75, 3.05) is 19.6 Å². The highest BCUT2D eigenvalue weighted by molar-refractivity contribution is 4.83. The van der Waals surface area contributed by atoms with Crippen LogP contribution < -0.4 is 0 Å². The fourth-order valence-electron chi connectivity index (χ4n) is 1.02. The molecule has 0 saturated heterocycles. The zero-order valence-corrected chi connectivity index (χ0v) is 6.09. The summed E-state index contributed by atoms with van der Waals surface area (Å²) in [6.07, 6.45) is 5.20. The lowest BCUT2D eigenvalue weighted by atomic mass is 10.6. The molecule has 0 atom stereocenters. The lowest BCUT2D eigenvalue weighted by Crippen LogP contribution is -2.34. The van der Waals surface area contributed by atoms with Crippen molar-refractivity contribution in [2.45, 2.75) is 13.8 Å². The number of hydrazine groups is 1. The molecule has 1 radical (unpaired) electrons. The topological polar surface area (TPSA) is 6.48 Å². The van der Waals surface area contributed by atoms with Gasteiger partial charge in [-0.3, -0.25) is 0 Å². The van der Waals surface area contributed by atoms with Crippen LogP contribution in [0.15, 0.2) is 6.08 Å². The lowest BCUT2D eigenvalue weighted by molar-refractivity contribution is 0.0563. The predicted molar refractivity (Wildman–Crippen MR) is 37.4 cm³/mol. The largest absolute Gasteiger partial charge is 0.304 e. The van der Waals surface area contributed by atoms with Gasteiger partial charge in [-0.15, -0.1) is 0 Å². The third-order valence-corrected chi connectivity index (χ3v) is 1.55. The van der Waals surface area contributed by atoms with E-state index in [2.05, 4.69) is 36.1 Å². The summed E-state index contributed by atoms with van der Waals surface area (Å²) in [7, 11) is 0. The van der Waals surface area contributed by atoms with Crippen molar-refractivity contribution in [3.63, 3.8) is 0 Å². The third-order valence-electron chi connectivity index (χ3n) is 1.55. The van der Waals surface area contributed by atoms with Crippen molar-refractivity contribution in [3.8, 4) is 0 Å². The Kier molecular flexibility index (Phi) is 2.11. The molecule has 1 aliphatic heterocycles. The molecule has 0 aromatic rings. The van der Waals surface area contributed by atoms with Gasteiger partial charge in [-0.05, 0) is 13.0 Å². The second-order valence-corrected chi connectivity index (χ2v) is 2.05. The van der Waals surface area contributed by atoms with Crippen LogP contribution in [0.1, 0.15) is 13.8 Å². The summed E-state index contributed by atoms with van der Waals surface area (Å²) < 4.78 is 0. The van der Waals surface area contributed by atoms with E-state index < -0.39 is 0 Å². The smallest absolute Gasteiger partial charge is 0.0740 e. The van der Waals surface area contributed by atoms with Gasteiger partial charge in [-0.2, -0.15) is 0 Å². The van der Waals surface area contributed by atoms with Crippen molar-refractivity contribution in [2.24, 2.45) is 0 Å². The molecule has 0 spiro atoms. The first-order chi connectivity index (χ1) is 4.38. The Hall–Kier alpha value is -0.500. The Morgan fingerprint density at radius 3 is 2.67 bits per heavy atom. The number of hydrogen-bond acceptors (Lipinski definition) is 2. The van der Waals surface area contributed by atoms with E-state index in [1.165, 1.54) is 0 Å². The van der Waals surface area contributed by atoms with Crippen molar-refractivity contribution >= 4 is 0 Å². The Balaban J connectivity index is 2.39. The van der Waals surface area contributed by atoms with E-state index in [0.29, 0.717) is 0 Å². The normalized spacial score (nSPS) is 19.6. The summed E-state index contributed by atoms with van der Waals surface area (Å²) in [5.41, 5.74) is 0. The molecule has 0 aliphatic carbocycles. The number of nitrogens with zero attached hydrogens (tertiary/aromatic N) is 2. The average molecular weight is 125 g/mol. The maximum absolute atomic E-state index is 3.14. The van der Waals surface area contributed by atoms with Gasteiger partial charge < -0.3 is 5.01 Å². The summed E-state index contributed by atoms with van der Waals surface area (Å²) >= 11 is 0. The van der Waals surface area contributed by atoms with Gasteiger partial charge in [0.25, 0.3) is 0 Å². The van der Waals surface area contributed by atoms with E-state index in [4.69, 9.17) is 0 Å². The van der Waals surface area contributed by atoms with E-state index in [0.717, 1.165) is 19.6 Å². The molecule has 9 heavy (non-hydrogen) atoms. The van der Waals surface area contributed by atoms with E-state index in [-0.39, 0.29) is 0 Å². The van der Waals surface area contributed by atoms with Gasteiger partial charge in [0.2, 0.25) is 0 Å². The highest BCUT2D eigenvalue weighted by atomic mass is 15.6. The van der Waals surface area contributed by atoms with E-state index in [9.17, 15) is 0 Å². The van der Waals surface area contributed by atoms with Gasteiger partial charge in [0.1, 0.15) is 0 Å². The molecule has 0 aromatic carbocycles. The maximum atomic E-state index is 3.14. The Bertz CT molecular complexity index is 109. The molecular weight excluding hydrogens is 112 g/mol. The highest BCUT2D eigenvalue weighted by Gasteiger charge is 2.10. The first-order valence-electron chi connectivity index (χ1n) is 3.48. The Morgan fingerprint density at radius 1 is 1.44 bits per heavy atom. The van der Waals surface area contributed by atoms with Crippen molar-refractivity contribution in [1.29, 1.82) is 0 Å². The molecule has 0 N–H and O–H groups in total. The fourth-order valence-corrected chi connectivity index (χ4v) is 1.02. The van der Waals surface area contributed by atoms with E-state index in [1.54, 1.807) is 0 Å². The second kappa shape index (κ2) is 2.87. The summed E-state index contributed by atoms with van der Waals surface area (Å²) in [4.78, 5) is 0. The average Bonchev–Trinajstić information content (AvgIpc) is 2.33. The molecule has 0 saturated carbocycles. The van der Waals surface area contributed by atoms with Crippen LogP contribution in [0.25, 0.3) is 0 Å². The molecule has 0 unspecified atom stereocenters. The van der Waals surface area contributed by atoms with E-state index in [1.807, 2.05) is 0 Å². The van der Waals surface area contributed by atoms with Crippen LogP contribution in [0.4, 0.5) is 0 Å². The molecule has 1 aliphatic rings. The van der Waals surface area contributed by atoms with Gasteiger partial charge in [-0.1, -0.05) is 6.92 Å². The minimum atomic E-state index is 1.03. The zero-order valence-electron chi connectivity index (χ0n) is 6.09. The summed E-state index contributed by atoms with van der Waals surface area (Å²) in [5.74, 6) is 0. The monoisotopic (exact) mass is 125 g/mol. The van der Waals surface area contributed by atoms with Crippen LogP contribution in [0.3, 0.4) is 0 Å². The van der Waals surface area contributed by atoms with Gasteiger partial charge in [0.05, 0.1) is 6.20 Å².